The molecule has 1 aliphatic heterocycles. The SMILES string of the molecule is CC1(NC(=O)c2ccc(OC3CCCC3)cc2)CCS(=O)(=O)C1. The zero-order valence-electron chi connectivity index (χ0n) is 13.4. The lowest BCUT2D eigenvalue weighted by Gasteiger charge is -2.24. The van der Waals surface area contributed by atoms with Crippen molar-refractivity contribution < 1.29 is 17.9 Å². The summed E-state index contributed by atoms with van der Waals surface area (Å²) in [5, 5.41) is 2.86. The van der Waals surface area contributed by atoms with Gasteiger partial charge in [-0.05, 0) is 63.3 Å². The van der Waals surface area contributed by atoms with E-state index in [1.54, 1.807) is 31.2 Å². The van der Waals surface area contributed by atoms with Crippen LogP contribution < -0.4 is 10.1 Å². The molecule has 3 rings (SSSR count). The first kappa shape index (κ1) is 16.3. The molecule has 1 N–H and O–H groups in total. The van der Waals surface area contributed by atoms with Gasteiger partial charge in [0, 0.05) is 5.56 Å². The first-order chi connectivity index (χ1) is 10.9. The van der Waals surface area contributed by atoms with Crippen molar-refractivity contribution in [3.63, 3.8) is 0 Å². The highest BCUT2D eigenvalue weighted by Crippen LogP contribution is 2.25. The molecule has 1 aromatic rings. The second-order valence-electron chi connectivity index (χ2n) is 6.91. The molecule has 1 aliphatic carbocycles. The molecule has 0 spiro atoms. The lowest BCUT2D eigenvalue weighted by molar-refractivity contribution is 0.0915. The second-order valence-corrected chi connectivity index (χ2v) is 9.09. The number of rotatable bonds is 4. The van der Waals surface area contributed by atoms with E-state index in [1.807, 2.05) is 0 Å². The average molecular weight is 337 g/mol. The van der Waals surface area contributed by atoms with Crippen LogP contribution in [0.25, 0.3) is 0 Å². The summed E-state index contributed by atoms with van der Waals surface area (Å²) in [6, 6.07) is 7.07. The third-order valence-corrected chi connectivity index (χ3v) is 6.54. The summed E-state index contributed by atoms with van der Waals surface area (Å²) in [6.45, 7) is 1.78. The van der Waals surface area contributed by atoms with Crippen LogP contribution in [0.1, 0.15) is 49.4 Å². The Hall–Kier alpha value is -1.56. The summed E-state index contributed by atoms with van der Waals surface area (Å²) in [4.78, 5) is 12.3. The molecule has 6 heteroatoms. The molecular weight excluding hydrogens is 314 g/mol. The molecule has 1 unspecified atom stereocenters. The zero-order chi connectivity index (χ0) is 16.5. The summed E-state index contributed by atoms with van der Waals surface area (Å²) < 4.78 is 29.1. The number of benzene rings is 1. The average Bonchev–Trinajstić information content (AvgIpc) is 3.07. The van der Waals surface area contributed by atoms with Gasteiger partial charge >= 0.3 is 0 Å². The fourth-order valence-corrected chi connectivity index (χ4v) is 5.43. The molecule has 0 aromatic heterocycles. The fourth-order valence-electron chi connectivity index (χ4n) is 3.34. The van der Waals surface area contributed by atoms with Crippen molar-refractivity contribution in [1.29, 1.82) is 0 Å². The minimum absolute atomic E-state index is 0.00855. The predicted molar refractivity (Wildman–Crippen MR) is 88.5 cm³/mol. The highest BCUT2D eigenvalue weighted by molar-refractivity contribution is 7.91. The summed E-state index contributed by atoms with van der Waals surface area (Å²) in [5.41, 5.74) is -0.149. The van der Waals surface area contributed by atoms with Crippen molar-refractivity contribution in [3.05, 3.63) is 29.8 Å². The van der Waals surface area contributed by atoms with Gasteiger partial charge < -0.3 is 10.1 Å². The van der Waals surface area contributed by atoms with Crippen LogP contribution in [0.2, 0.25) is 0 Å². The van der Waals surface area contributed by atoms with E-state index in [-0.39, 0.29) is 23.5 Å². The van der Waals surface area contributed by atoms with Crippen LogP contribution in [-0.2, 0) is 9.84 Å². The quantitative estimate of drug-likeness (QED) is 0.915. The van der Waals surface area contributed by atoms with Crippen molar-refractivity contribution in [2.75, 3.05) is 11.5 Å². The fraction of sp³-hybridized carbons (Fsp3) is 0.588. The van der Waals surface area contributed by atoms with Crippen LogP contribution in [0.3, 0.4) is 0 Å². The van der Waals surface area contributed by atoms with Crippen LogP contribution in [0, 0.1) is 0 Å². The summed E-state index contributed by atoms with van der Waals surface area (Å²) in [5.74, 6) is 0.687. The van der Waals surface area contributed by atoms with Crippen LogP contribution in [0.15, 0.2) is 24.3 Å². The Morgan fingerprint density at radius 2 is 1.87 bits per heavy atom. The lowest BCUT2D eigenvalue weighted by atomic mass is 10.0. The van der Waals surface area contributed by atoms with Gasteiger partial charge in [0.1, 0.15) is 5.75 Å². The van der Waals surface area contributed by atoms with E-state index >= 15 is 0 Å². The summed E-state index contributed by atoms with van der Waals surface area (Å²) >= 11 is 0. The first-order valence-electron chi connectivity index (χ1n) is 8.15. The molecule has 1 heterocycles. The number of amides is 1. The molecule has 126 valence electrons. The molecule has 0 bridgehead atoms. The smallest absolute Gasteiger partial charge is 0.251 e. The molecular formula is C17H23NO4S. The number of ether oxygens (including phenoxy) is 1. The Bertz CT molecular complexity index is 677. The summed E-state index contributed by atoms with van der Waals surface area (Å²) in [6.07, 6.45) is 5.37. The maximum Gasteiger partial charge on any atom is 0.251 e. The van der Waals surface area contributed by atoms with E-state index in [4.69, 9.17) is 4.74 Å². The highest BCUT2D eigenvalue weighted by Gasteiger charge is 2.39. The van der Waals surface area contributed by atoms with Gasteiger partial charge in [0.25, 0.3) is 5.91 Å². The van der Waals surface area contributed by atoms with Gasteiger partial charge in [0.2, 0.25) is 0 Å². The standard InChI is InChI=1S/C17H23NO4S/c1-17(10-11-23(20,21)12-17)18-16(19)13-6-8-15(9-7-13)22-14-4-2-3-5-14/h6-9,14H,2-5,10-12H2,1H3,(H,18,19). The number of carbonyl (C=O) groups is 1. The number of nitrogens with one attached hydrogen (secondary N) is 1. The third kappa shape index (κ3) is 4.05. The Morgan fingerprint density at radius 3 is 2.43 bits per heavy atom. The second kappa shape index (κ2) is 6.15. The Kier molecular flexibility index (Phi) is 4.36. The predicted octanol–water partition coefficient (Wildman–Crippen LogP) is 2.32. The molecule has 2 aliphatic rings. The van der Waals surface area contributed by atoms with Crippen molar-refractivity contribution >= 4 is 15.7 Å². The minimum Gasteiger partial charge on any atom is -0.490 e. The molecule has 23 heavy (non-hydrogen) atoms. The van der Waals surface area contributed by atoms with E-state index in [0.717, 1.165) is 18.6 Å². The van der Waals surface area contributed by atoms with Gasteiger partial charge in [-0.2, -0.15) is 0 Å². The molecule has 1 saturated carbocycles. The van der Waals surface area contributed by atoms with E-state index in [0.29, 0.717) is 12.0 Å². The monoisotopic (exact) mass is 337 g/mol. The Labute approximate surface area is 137 Å². The van der Waals surface area contributed by atoms with Gasteiger partial charge in [0.15, 0.2) is 9.84 Å². The number of carbonyl (C=O) groups excluding carboxylic acids is 1. The molecule has 0 radical (unpaired) electrons. The Morgan fingerprint density at radius 1 is 1.22 bits per heavy atom. The number of hydrogen-bond donors (Lipinski definition) is 1. The Balaban J connectivity index is 1.61. The largest absolute Gasteiger partial charge is 0.490 e. The van der Waals surface area contributed by atoms with Gasteiger partial charge in [-0.15, -0.1) is 0 Å². The molecule has 2 fully saturated rings. The van der Waals surface area contributed by atoms with Crippen molar-refractivity contribution in [2.24, 2.45) is 0 Å². The first-order valence-corrected chi connectivity index (χ1v) is 9.97. The van der Waals surface area contributed by atoms with Crippen molar-refractivity contribution in [2.45, 2.75) is 50.7 Å². The molecule has 1 atom stereocenters. The molecule has 1 amide bonds. The number of sulfone groups is 1. The van der Waals surface area contributed by atoms with Gasteiger partial charge in [-0.3, -0.25) is 4.79 Å². The van der Waals surface area contributed by atoms with E-state index in [9.17, 15) is 13.2 Å². The van der Waals surface area contributed by atoms with E-state index < -0.39 is 15.4 Å². The van der Waals surface area contributed by atoms with Crippen molar-refractivity contribution in [1.82, 2.24) is 5.32 Å². The van der Waals surface area contributed by atoms with Gasteiger partial charge in [0.05, 0.1) is 23.1 Å². The van der Waals surface area contributed by atoms with Gasteiger partial charge in [-0.1, -0.05) is 0 Å². The topological polar surface area (TPSA) is 72.5 Å². The maximum absolute atomic E-state index is 12.3. The molecule has 1 aromatic carbocycles. The minimum atomic E-state index is -3.04. The van der Waals surface area contributed by atoms with Crippen LogP contribution in [0.4, 0.5) is 0 Å². The van der Waals surface area contributed by atoms with Crippen LogP contribution >= 0.6 is 0 Å². The maximum atomic E-state index is 12.3. The normalized spacial score (nSPS) is 27.0. The van der Waals surface area contributed by atoms with Crippen LogP contribution in [0.5, 0.6) is 5.75 Å². The van der Waals surface area contributed by atoms with E-state index in [2.05, 4.69) is 5.32 Å². The molecule has 1 saturated heterocycles. The van der Waals surface area contributed by atoms with Crippen molar-refractivity contribution in [3.8, 4) is 5.75 Å². The highest BCUT2D eigenvalue weighted by atomic mass is 32.2. The molecule has 5 nitrogen and oxygen atoms in total. The third-order valence-electron chi connectivity index (χ3n) is 4.64. The summed E-state index contributed by atoms with van der Waals surface area (Å²) in [7, 11) is -3.04. The number of hydrogen-bond acceptors (Lipinski definition) is 4. The van der Waals surface area contributed by atoms with Gasteiger partial charge in [-0.25, -0.2) is 8.42 Å². The van der Waals surface area contributed by atoms with Crippen LogP contribution in [-0.4, -0.2) is 37.5 Å². The zero-order valence-corrected chi connectivity index (χ0v) is 14.2. The van der Waals surface area contributed by atoms with E-state index in [1.165, 1.54) is 12.8 Å². The lowest BCUT2D eigenvalue weighted by Crippen LogP contribution is -2.46.